The zero-order valence-electron chi connectivity index (χ0n) is 10.7. The van der Waals surface area contributed by atoms with E-state index in [2.05, 4.69) is 19.9 Å². The molecule has 1 aromatic carbocycles. The van der Waals surface area contributed by atoms with Gasteiger partial charge in [0, 0.05) is 5.02 Å². The predicted octanol–water partition coefficient (Wildman–Crippen LogP) is 4.45. The summed E-state index contributed by atoms with van der Waals surface area (Å²) in [5, 5.41) is 9.67. The van der Waals surface area contributed by atoms with Crippen LogP contribution in [-0.2, 0) is 0 Å². The zero-order valence-corrected chi connectivity index (χ0v) is 11.5. The SMILES string of the molecule is CCC(C#N)Oc1cc(C(C)C)c(Cl)cc1C. The van der Waals surface area contributed by atoms with Gasteiger partial charge < -0.3 is 4.74 Å². The van der Waals surface area contributed by atoms with E-state index >= 15 is 0 Å². The molecule has 1 aromatic rings. The number of ether oxygens (including phenoxy) is 1. The maximum atomic E-state index is 8.91. The summed E-state index contributed by atoms with van der Waals surface area (Å²) in [7, 11) is 0. The standard InChI is InChI=1S/C14H18ClNO/c1-5-11(8-16)17-14-7-12(9(2)3)13(15)6-10(14)4/h6-7,9,11H,5H2,1-4H3. The van der Waals surface area contributed by atoms with Crippen LogP contribution in [0.5, 0.6) is 5.75 Å². The van der Waals surface area contributed by atoms with Gasteiger partial charge in [0.15, 0.2) is 6.10 Å². The van der Waals surface area contributed by atoms with Crippen molar-refractivity contribution in [3.05, 3.63) is 28.3 Å². The van der Waals surface area contributed by atoms with E-state index in [9.17, 15) is 0 Å². The molecule has 0 N–H and O–H groups in total. The van der Waals surface area contributed by atoms with Gasteiger partial charge in [0.2, 0.25) is 0 Å². The Morgan fingerprint density at radius 1 is 1.41 bits per heavy atom. The fourth-order valence-corrected chi connectivity index (χ4v) is 2.03. The number of halogens is 1. The maximum Gasteiger partial charge on any atom is 0.184 e. The summed E-state index contributed by atoms with van der Waals surface area (Å²) < 4.78 is 5.67. The Labute approximate surface area is 108 Å². The number of nitriles is 1. The smallest absolute Gasteiger partial charge is 0.184 e. The van der Waals surface area contributed by atoms with Crippen molar-refractivity contribution in [2.75, 3.05) is 0 Å². The highest BCUT2D eigenvalue weighted by molar-refractivity contribution is 6.31. The fourth-order valence-electron chi connectivity index (χ4n) is 1.59. The quantitative estimate of drug-likeness (QED) is 0.792. The third kappa shape index (κ3) is 3.38. The minimum atomic E-state index is -0.394. The Balaban J connectivity index is 3.08. The summed E-state index contributed by atoms with van der Waals surface area (Å²) in [5.41, 5.74) is 2.02. The van der Waals surface area contributed by atoms with Gasteiger partial charge in [-0.2, -0.15) is 5.26 Å². The highest BCUT2D eigenvalue weighted by Gasteiger charge is 2.13. The number of benzene rings is 1. The highest BCUT2D eigenvalue weighted by Crippen LogP contribution is 2.32. The van der Waals surface area contributed by atoms with E-state index in [1.54, 1.807) is 0 Å². The Bertz CT molecular complexity index is 435. The van der Waals surface area contributed by atoms with E-state index < -0.39 is 6.10 Å². The van der Waals surface area contributed by atoms with Crippen molar-refractivity contribution < 1.29 is 4.74 Å². The van der Waals surface area contributed by atoms with Crippen LogP contribution in [0, 0.1) is 18.3 Å². The molecule has 0 aromatic heterocycles. The summed E-state index contributed by atoms with van der Waals surface area (Å²) in [6.07, 6.45) is 0.283. The van der Waals surface area contributed by atoms with Crippen LogP contribution in [0.3, 0.4) is 0 Å². The van der Waals surface area contributed by atoms with Crippen LogP contribution in [0.15, 0.2) is 12.1 Å². The molecule has 0 heterocycles. The van der Waals surface area contributed by atoms with Crippen molar-refractivity contribution in [1.29, 1.82) is 5.26 Å². The molecule has 1 rings (SSSR count). The molecule has 0 saturated carbocycles. The molecular formula is C14H18ClNO. The summed E-state index contributed by atoms with van der Waals surface area (Å²) in [5.74, 6) is 1.10. The summed E-state index contributed by atoms with van der Waals surface area (Å²) in [6.45, 7) is 8.04. The highest BCUT2D eigenvalue weighted by atomic mass is 35.5. The molecule has 0 fully saturated rings. The molecule has 1 atom stereocenters. The molecule has 2 nitrogen and oxygen atoms in total. The van der Waals surface area contributed by atoms with Crippen LogP contribution in [0.25, 0.3) is 0 Å². The lowest BCUT2D eigenvalue weighted by atomic mass is 10.0. The second-order valence-corrected chi connectivity index (χ2v) is 4.84. The zero-order chi connectivity index (χ0) is 13.0. The van der Waals surface area contributed by atoms with Gasteiger partial charge >= 0.3 is 0 Å². The largest absolute Gasteiger partial charge is 0.475 e. The second-order valence-electron chi connectivity index (χ2n) is 4.44. The first-order valence-corrected chi connectivity index (χ1v) is 6.23. The third-order valence-corrected chi connectivity index (χ3v) is 3.03. The Hall–Kier alpha value is -1.20. The van der Waals surface area contributed by atoms with Gasteiger partial charge in [0.05, 0.1) is 0 Å². The van der Waals surface area contributed by atoms with E-state index in [1.165, 1.54) is 0 Å². The van der Waals surface area contributed by atoms with Gasteiger partial charge in [-0.3, -0.25) is 0 Å². The number of hydrogen-bond acceptors (Lipinski definition) is 2. The lowest BCUT2D eigenvalue weighted by Gasteiger charge is -2.16. The van der Waals surface area contributed by atoms with Crippen molar-refractivity contribution in [3.63, 3.8) is 0 Å². The van der Waals surface area contributed by atoms with Crippen LogP contribution >= 0.6 is 11.6 Å². The molecule has 1 unspecified atom stereocenters. The molecule has 3 heteroatoms. The van der Waals surface area contributed by atoms with Crippen LogP contribution in [-0.4, -0.2) is 6.10 Å². The molecule has 0 radical (unpaired) electrons. The van der Waals surface area contributed by atoms with Crippen molar-refractivity contribution in [1.82, 2.24) is 0 Å². The monoisotopic (exact) mass is 251 g/mol. The first-order chi connectivity index (χ1) is 7.99. The van der Waals surface area contributed by atoms with E-state index in [1.807, 2.05) is 26.0 Å². The average Bonchev–Trinajstić information content (AvgIpc) is 2.27. The molecular weight excluding hydrogens is 234 g/mol. The van der Waals surface area contributed by atoms with Crippen molar-refractivity contribution in [2.24, 2.45) is 0 Å². The van der Waals surface area contributed by atoms with Crippen LogP contribution in [0.4, 0.5) is 0 Å². The molecule has 0 spiro atoms. The van der Waals surface area contributed by atoms with E-state index in [4.69, 9.17) is 21.6 Å². The molecule has 0 aliphatic carbocycles. The molecule has 92 valence electrons. The average molecular weight is 252 g/mol. The van der Waals surface area contributed by atoms with E-state index in [0.29, 0.717) is 12.3 Å². The van der Waals surface area contributed by atoms with Gasteiger partial charge in [0.1, 0.15) is 11.8 Å². The Morgan fingerprint density at radius 3 is 2.53 bits per heavy atom. The predicted molar refractivity (Wildman–Crippen MR) is 70.6 cm³/mol. The minimum Gasteiger partial charge on any atom is -0.475 e. The fraction of sp³-hybridized carbons (Fsp3) is 0.500. The number of rotatable bonds is 4. The summed E-state index contributed by atoms with van der Waals surface area (Å²) in [4.78, 5) is 0. The van der Waals surface area contributed by atoms with Gasteiger partial charge in [-0.25, -0.2) is 0 Å². The lowest BCUT2D eigenvalue weighted by Crippen LogP contribution is -2.13. The number of hydrogen-bond donors (Lipinski definition) is 0. The molecule has 0 aliphatic heterocycles. The molecule has 0 amide bonds. The van der Waals surface area contributed by atoms with Crippen LogP contribution in [0.1, 0.15) is 44.2 Å². The normalized spacial score (nSPS) is 12.3. The molecule has 0 saturated heterocycles. The first kappa shape index (κ1) is 13.9. The molecule has 0 bridgehead atoms. The topological polar surface area (TPSA) is 33.0 Å². The van der Waals surface area contributed by atoms with E-state index in [0.717, 1.165) is 21.9 Å². The first-order valence-electron chi connectivity index (χ1n) is 5.85. The maximum absolute atomic E-state index is 8.91. The Kier molecular flexibility index (Phi) is 4.84. The van der Waals surface area contributed by atoms with Crippen LogP contribution < -0.4 is 4.74 Å². The van der Waals surface area contributed by atoms with Gasteiger partial charge in [-0.15, -0.1) is 0 Å². The van der Waals surface area contributed by atoms with E-state index in [-0.39, 0.29) is 0 Å². The Morgan fingerprint density at radius 2 is 2.06 bits per heavy atom. The summed E-state index contributed by atoms with van der Waals surface area (Å²) in [6, 6.07) is 5.98. The number of nitrogens with zero attached hydrogens (tertiary/aromatic N) is 1. The van der Waals surface area contributed by atoms with Gasteiger partial charge in [-0.1, -0.05) is 32.4 Å². The van der Waals surface area contributed by atoms with Crippen molar-refractivity contribution in [2.45, 2.75) is 46.1 Å². The molecule has 0 aliphatic rings. The second kappa shape index (κ2) is 5.93. The van der Waals surface area contributed by atoms with Crippen LogP contribution in [0.2, 0.25) is 5.02 Å². The van der Waals surface area contributed by atoms with Gasteiger partial charge in [0.25, 0.3) is 0 Å². The van der Waals surface area contributed by atoms with Crippen molar-refractivity contribution >= 4 is 11.6 Å². The third-order valence-electron chi connectivity index (χ3n) is 2.70. The lowest BCUT2D eigenvalue weighted by molar-refractivity contribution is 0.250. The van der Waals surface area contributed by atoms with Gasteiger partial charge in [-0.05, 0) is 42.5 Å². The van der Waals surface area contributed by atoms with Crippen molar-refractivity contribution in [3.8, 4) is 11.8 Å². The number of aryl methyl sites for hydroxylation is 1. The summed E-state index contributed by atoms with van der Waals surface area (Å²) >= 11 is 6.18. The molecule has 17 heavy (non-hydrogen) atoms. The minimum absolute atomic E-state index is 0.340.